The number of carbonyl (C=O) groups is 1. The van der Waals surface area contributed by atoms with Gasteiger partial charge in [-0.25, -0.2) is 0 Å². The first-order valence-electron chi connectivity index (χ1n) is 7.60. The minimum atomic E-state index is -0.163. The van der Waals surface area contributed by atoms with Crippen molar-refractivity contribution in [2.24, 2.45) is 5.92 Å². The minimum absolute atomic E-state index is 0.0813. The van der Waals surface area contributed by atoms with Crippen LogP contribution in [0.5, 0.6) is 0 Å². The number of rotatable bonds is 6. The molecule has 0 aliphatic heterocycles. The van der Waals surface area contributed by atoms with Crippen molar-refractivity contribution >= 4 is 5.91 Å². The van der Waals surface area contributed by atoms with Gasteiger partial charge in [0.25, 0.3) is 0 Å². The largest absolute Gasteiger partial charge is 0.353 e. The summed E-state index contributed by atoms with van der Waals surface area (Å²) in [6.07, 6.45) is 2.51. The highest BCUT2D eigenvalue weighted by Crippen LogP contribution is 2.41. The van der Waals surface area contributed by atoms with Gasteiger partial charge < -0.3 is 5.32 Å². The quantitative estimate of drug-likeness (QED) is 0.837. The van der Waals surface area contributed by atoms with Crippen LogP contribution in [-0.4, -0.2) is 18.0 Å². The Morgan fingerprint density at radius 1 is 1.15 bits per heavy atom. The van der Waals surface area contributed by atoms with Crippen molar-refractivity contribution in [1.29, 1.82) is 0 Å². The lowest BCUT2D eigenvalue weighted by Crippen LogP contribution is -2.46. The summed E-state index contributed by atoms with van der Waals surface area (Å²) >= 11 is 0. The van der Waals surface area contributed by atoms with Gasteiger partial charge in [-0.15, -0.1) is 0 Å². The van der Waals surface area contributed by atoms with Gasteiger partial charge >= 0.3 is 0 Å². The van der Waals surface area contributed by atoms with Crippen LogP contribution in [0.4, 0.5) is 0 Å². The molecule has 0 saturated heterocycles. The SMILES string of the molecule is Cc1ccc(C(NC(C)C(=O)NC(C)C)C2CC2)cc1. The second kappa shape index (κ2) is 6.40. The summed E-state index contributed by atoms with van der Waals surface area (Å²) in [5.74, 6) is 0.754. The Kier molecular flexibility index (Phi) is 4.81. The summed E-state index contributed by atoms with van der Waals surface area (Å²) in [6, 6.07) is 8.96. The van der Waals surface area contributed by atoms with E-state index < -0.39 is 0 Å². The zero-order valence-electron chi connectivity index (χ0n) is 12.9. The maximum atomic E-state index is 12.0. The van der Waals surface area contributed by atoms with Crippen LogP contribution < -0.4 is 10.6 Å². The highest BCUT2D eigenvalue weighted by molar-refractivity contribution is 5.81. The number of hydrogen-bond acceptors (Lipinski definition) is 2. The van der Waals surface area contributed by atoms with Gasteiger partial charge in [0.15, 0.2) is 0 Å². The predicted octanol–water partition coefficient (Wildman–Crippen LogP) is 2.95. The lowest BCUT2D eigenvalue weighted by atomic mass is 10.00. The van der Waals surface area contributed by atoms with Crippen molar-refractivity contribution in [2.75, 3.05) is 0 Å². The van der Waals surface area contributed by atoms with Gasteiger partial charge in [0, 0.05) is 12.1 Å². The third-order valence-corrected chi connectivity index (χ3v) is 3.78. The second-order valence-electron chi connectivity index (χ2n) is 6.28. The summed E-state index contributed by atoms with van der Waals surface area (Å²) in [5.41, 5.74) is 2.57. The minimum Gasteiger partial charge on any atom is -0.353 e. The molecule has 0 heterocycles. The Morgan fingerprint density at radius 3 is 2.25 bits per heavy atom. The summed E-state index contributed by atoms with van der Waals surface area (Å²) in [5, 5.41) is 6.47. The van der Waals surface area contributed by atoms with Crippen LogP contribution in [0, 0.1) is 12.8 Å². The molecule has 1 amide bonds. The molecule has 3 heteroatoms. The number of nitrogens with one attached hydrogen (secondary N) is 2. The van der Waals surface area contributed by atoms with E-state index in [0.717, 1.165) is 0 Å². The van der Waals surface area contributed by atoms with E-state index in [1.165, 1.54) is 24.0 Å². The molecule has 0 radical (unpaired) electrons. The van der Waals surface area contributed by atoms with Gasteiger partial charge in [-0.2, -0.15) is 0 Å². The van der Waals surface area contributed by atoms with Gasteiger partial charge in [0.1, 0.15) is 0 Å². The molecule has 1 aliphatic carbocycles. The molecule has 1 aromatic rings. The van der Waals surface area contributed by atoms with Crippen LogP contribution in [0.1, 0.15) is 50.8 Å². The van der Waals surface area contributed by atoms with E-state index in [0.29, 0.717) is 12.0 Å². The summed E-state index contributed by atoms with van der Waals surface area (Å²) in [6.45, 7) is 8.02. The molecule has 1 fully saturated rings. The zero-order valence-corrected chi connectivity index (χ0v) is 12.9. The lowest BCUT2D eigenvalue weighted by molar-refractivity contribution is -0.123. The molecule has 1 saturated carbocycles. The number of amides is 1. The average molecular weight is 274 g/mol. The standard InChI is InChI=1S/C17H26N2O/c1-11(2)18-17(20)13(4)19-16(15-9-10-15)14-7-5-12(3)6-8-14/h5-8,11,13,15-16,19H,9-10H2,1-4H3,(H,18,20). The summed E-state index contributed by atoms with van der Waals surface area (Å²) < 4.78 is 0. The Morgan fingerprint density at radius 2 is 1.75 bits per heavy atom. The average Bonchev–Trinajstić information content (AvgIpc) is 3.20. The molecule has 0 aromatic heterocycles. The first kappa shape index (κ1) is 15.0. The van der Waals surface area contributed by atoms with Crippen molar-refractivity contribution in [3.63, 3.8) is 0 Å². The van der Waals surface area contributed by atoms with Crippen LogP contribution in [0.2, 0.25) is 0 Å². The second-order valence-corrected chi connectivity index (χ2v) is 6.28. The molecule has 1 aliphatic rings. The van der Waals surface area contributed by atoms with E-state index in [4.69, 9.17) is 0 Å². The molecule has 2 atom stereocenters. The van der Waals surface area contributed by atoms with Crippen molar-refractivity contribution in [3.05, 3.63) is 35.4 Å². The van der Waals surface area contributed by atoms with Crippen LogP contribution in [0.25, 0.3) is 0 Å². The van der Waals surface area contributed by atoms with E-state index in [-0.39, 0.29) is 18.0 Å². The van der Waals surface area contributed by atoms with Crippen molar-refractivity contribution < 1.29 is 4.79 Å². The Balaban J connectivity index is 2.02. The molecule has 0 spiro atoms. The zero-order chi connectivity index (χ0) is 14.7. The first-order valence-corrected chi connectivity index (χ1v) is 7.60. The number of carbonyl (C=O) groups excluding carboxylic acids is 1. The summed E-state index contributed by atoms with van der Waals surface area (Å²) in [4.78, 5) is 12.0. The molecule has 20 heavy (non-hydrogen) atoms. The summed E-state index contributed by atoms with van der Waals surface area (Å²) in [7, 11) is 0. The number of aryl methyl sites for hydroxylation is 1. The molecule has 1 aromatic carbocycles. The van der Waals surface area contributed by atoms with E-state index in [1.807, 2.05) is 20.8 Å². The smallest absolute Gasteiger partial charge is 0.237 e. The number of benzene rings is 1. The molecule has 2 N–H and O–H groups in total. The van der Waals surface area contributed by atoms with Crippen LogP contribution in [0.3, 0.4) is 0 Å². The molecule has 3 nitrogen and oxygen atoms in total. The Bertz CT molecular complexity index is 449. The van der Waals surface area contributed by atoms with Gasteiger partial charge in [-0.05, 0) is 52.0 Å². The van der Waals surface area contributed by atoms with Crippen LogP contribution in [0.15, 0.2) is 24.3 Å². The van der Waals surface area contributed by atoms with Gasteiger partial charge in [0.05, 0.1) is 6.04 Å². The lowest BCUT2D eigenvalue weighted by Gasteiger charge is -2.24. The maximum Gasteiger partial charge on any atom is 0.237 e. The molecular weight excluding hydrogens is 248 g/mol. The van der Waals surface area contributed by atoms with E-state index >= 15 is 0 Å². The fraction of sp³-hybridized carbons (Fsp3) is 0.588. The molecule has 2 rings (SSSR count). The monoisotopic (exact) mass is 274 g/mol. The van der Waals surface area contributed by atoms with Crippen molar-refractivity contribution in [3.8, 4) is 0 Å². The predicted molar refractivity (Wildman–Crippen MR) is 82.5 cm³/mol. The fourth-order valence-electron chi connectivity index (χ4n) is 2.46. The van der Waals surface area contributed by atoms with Gasteiger partial charge in [-0.3, -0.25) is 10.1 Å². The fourth-order valence-corrected chi connectivity index (χ4v) is 2.46. The van der Waals surface area contributed by atoms with E-state index in [2.05, 4.69) is 41.8 Å². The highest BCUT2D eigenvalue weighted by atomic mass is 16.2. The third-order valence-electron chi connectivity index (χ3n) is 3.78. The normalized spacial score (nSPS) is 17.9. The molecular formula is C17H26N2O. The Labute approximate surface area is 122 Å². The van der Waals surface area contributed by atoms with Gasteiger partial charge in [-0.1, -0.05) is 29.8 Å². The molecule has 110 valence electrons. The number of hydrogen-bond donors (Lipinski definition) is 2. The van der Waals surface area contributed by atoms with E-state index in [9.17, 15) is 4.79 Å². The van der Waals surface area contributed by atoms with Gasteiger partial charge in [0.2, 0.25) is 5.91 Å². The molecule has 2 unspecified atom stereocenters. The topological polar surface area (TPSA) is 41.1 Å². The molecule has 0 bridgehead atoms. The van der Waals surface area contributed by atoms with Crippen molar-refractivity contribution in [1.82, 2.24) is 10.6 Å². The van der Waals surface area contributed by atoms with Crippen molar-refractivity contribution in [2.45, 2.75) is 58.7 Å². The Hall–Kier alpha value is -1.35. The van der Waals surface area contributed by atoms with Crippen LogP contribution >= 0.6 is 0 Å². The maximum absolute atomic E-state index is 12.0. The third kappa shape index (κ3) is 4.07. The van der Waals surface area contributed by atoms with Crippen LogP contribution in [-0.2, 0) is 4.79 Å². The van der Waals surface area contributed by atoms with E-state index in [1.54, 1.807) is 0 Å². The highest BCUT2D eigenvalue weighted by Gasteiger charge is 2.33. The first-order chi connectivity index (χ1) is 9.47.